The zero-order valence-electron chi connectivity index (χ0n) is 14.9. The van der Waals surface area contributed by atoms with Crippen molar-refractivity contribution in [3.63, 3.8) is 0 Å². The number of amides is 1. The molecule has 0 aliphatic carbocycles. The van der Waals surface area contributed by atoms with Gasteiger partial charge in [0, 0.05) is 24.5 Å². The molecule has 1 heterocycles. The lowest BCUT2D eigenvalue weighted by Crippen LogP contribution is -2.54. The van der Waals surface area contributed by atoms with Crippen LogP contribution >= 0.6 is 0 Å². The fraction of sp³-hybridized carbons (Fsp3) is 0.611. The molecular formula is C18H25F3N2O2. The molecule has 2 rings (SSSR count). The molecule has 1 aliphatic heterocycles. The number of hydrogen-bond donors (Lipinski definition) is 1. The largest absolute Gasteiger partial charge is 0.444 e. The van der Waals surface area contributed by atoms with Crippen LogP contribution < -0.4 is 5.73 Å². The average Bonchev–Trinajstić information content (AvgIpc) is 2.46. The highest BCUT2D eigenvalue weighted by atomic mass is 19.4. The molecule has 2 N–H and O–H groups in total. The van der Waals surface area contributed by atoms with E-state index >= 15 is 0 Å². The first-order valence-corrected chi connectivity index (χ1v) is 8.31. The van der Waals surface area contributed by atoms with Crippen LogP contribution in [-0.2, 0) is 10.9 Å². The molecule has 1 saturated heterocycles. The average molecular weight is 358 g/mol. The van der Waals surface area contributed by atoms with Crippen LogP contribution in [0.5, 0.6) is 0 Å². The van der Waals surface area contributed by atoms with Crippen molar-refractivity contribution in [2.75, 3.05) is 6.54 Å². The van der Waals surface area contributed by atoms with Gasteiger partial charge in [0.05, 0.1) is 5.56 Å². The molecule has 1 amide bonds. The Bertz CT molecular complexity index is 608. The van der Waals surface area contributed by atoms with Crippen molar-refractivity contribution in [1.29, 1.82) is 0 Å². The van der Waals surface area contributed by atoms with Gasteiger partial charge in [-0.25, -0.2) is 4.79 Å². The van der Waals surface area contributed by atoms with Crippen molar-refractivity contribution < 1.29 is 22.7 Å². The first-order chi connectivity index (χ1) is 11.4. The third kappa shape index (κ3) is 4.87. The second-order valence-electron chi connectivity index (χ2n) is 7.60. The Balaban J connectivity index is 2.21. The number of nitrogens with zero attached hydrogens (tertiary/aromatic N) is 1. The number of rotatable bonds is 1. The quantitative estimate of drug-likeness (QED) is 0.821. The highest BCUT2D eigenvalue weighted by Crippen LogP contribution is 2.35. The predicted molar refractivity (Wildman–Crippen MR) is 89.2 cm³/mol. The molecule has 7 heteroatoms. The fourth-order valence-corrected chi connectivity index (χ4v) is 3.13. The summed E-state index contributed by atoms with van der Waals surface area (Å²) in [5.41, 5.74) is 5.52. The van der Waals surface area contributed by atoms with E-state index in [2.05, 4.69) is 0 Å². The van der Waals surface area contributed by atoms with E-state index in [0.717, 1.165) is 17.7 Å². The van der Waals surface area contributed by atoms with Crippen LogP contribution in [0.4, 0.5) is 18.0 Å². The highest BCUT2D eigenvalue weighted by molar-refractivity contribution is 5.69. The lowest BCUT2D eigenvalue weighted by atomic mass is 9.82. The smallest absolute Gasteiger partial charge is 0.416 e. The Hall–Kier alpha value is -1.76. The summed E-state index contributed by atoms with van der Waals surface area (Å²) in [4.78, 5) is 14.0. The third-order valence-corrected chi connectivity index (χ3v) is 4.36. The van der Waals surface area contributed by atoms with Gasteiger partial charge in [-0.1, -0.05) is 12.1 Å². The molecular weight excluding hydrogens is 333 g/mol. The molecule has 0 aromatic heterocycles. The maximum absolute atomic E-state index is 12.7. The third-order valence-electron chi connectivity index (χ3n) is 4.36. The number of carbonyl (C=O) groups is 1. The summed E-state index contributed by atoms with van der Waals surface area (Å²) >= 11 is 0. The van der Waals surface area contributed by atoms with E-state index < -0.39 is 23.4 Å². The second-order valence-corrected chi connectivity index (χ2v) is 7.60. The number of nitrogens with two attached hydrogens (primary N) is 1. The molecule has 1 aliphatic rings. The number of ether oxygens (including phenoxy) is 1. The van der Waals surface area contributed by atoms with E-state index in [4.69, 9.17) is 10.5 Å². The number of alkyl halides is 3. The summed E-state index contributed by atoms with van der Waals surface area (Å²) in [6.07, 6.45) is -4.21. The Kier molecular flexibility index (Phi) is 5.37. The molecule has 0 radical (unpaired) electrons. The molecule has 3 unspecified atom stereocenters. The molecule has 25 heavy (non-hydrogen) atoms. The topological polar surface area (TPSA) is 55.6 Å². The maximum Gasteiger partial charge on any atom is 0.416 e. The van der Waals surface area contributed by atoms with Gasteiger partial charge >= 0.3 is 12.3 Å². The van der Waals surface area contributed by atoms with Gasteiger partial charge in [-0.3, -0.25) is 0 Å². The zero-order chi connectivity index (χ0) is 19.0. The lowest BCUT2D eigenvalue weighted by molar-refractivity contribution is -0.137. The van der Waals surface area contributed by atoms with Crippen molar-refractivity contribution in [2.24, 2.45) is 5.73 Å². The molecule has 0 saturated carbocycles. The van der Waals surface area contributed by atoms with Gasteiger partial charge in [0.15, 0.2) is 0 Å². The van der Waals surface area contributed by atoms with Crippen LogP contribution in [0.25, 0.3) is 0 Å². The molecule has 3 atom stereocenters. The first-order valence-electron chi connectivity index (χ1n) is 8.31. The standard InChI is InChI=1S/C18H25F3N2O2/c1-11-15(12-5-7-13(8-6-12)18(19,20)21)9-14(22)10-23(11)16(24)25-17(2,3)4/h5-8,11,14-15H,9-10,22H2,1-4H3. The summed E-state index contributed by atoms with van der Waals surface area (Å²) in [5.74, 6) is -0.140. The Morgan fingerprint density at radius 1 is 1.20 bits per heavy atom. The van der Waals surface area contributed by atoms with E-state index in [1.54, 1.807) is 25.7 Å². The summed E-state index contributed by atoms with van der Waals surface area (Å²) in [5, 5.41) is 0. The highest BCUT2D eigenvalue weighted by Gasteiger charge is 2.38. The minimum absolute atomic E-state index is 0.140. The van der Waals surface area contributed by atoms with Gasteiger partial charge in [-0.05, 0) is 51.8 Å². The molecule has 4 nitrogen and oxygen atoms in total. The van der Waals surface area contributed by atoms with Gasteiger partial charge in [-0.15, -0.1) is 0 Å². The normalized spacial score (nSPS) is 25.0. The number of halogens is 3. The van der Waals surface area contributed by atoms with Gasteiger partial charge < -0.3 is 15.4 Å². The molecule has 0 spiro atoms. The van der Waals surface area contributed by atoms with Crippen LogP contribution in [-0.4, -0.2) is 35.2 Å². The van der Waals surface area contributed by atoms with E-state index in [1.807, 2.05) is 6.92 Å². The summed E-state index contributed by atoms with van der Waals surface area (Å²) in [7, 11) is 0. The van der Waals surface area contributed by atoms with Crippen molar-refractivity contribution in [1.82, 2.24) is 4.90 Å². The summed E-state index contributed by atoms with van der Waals surface area (Å²) < 4.78 is 43.6. The SMILES string of the molecule is CC1C(c2ccc(C(F)(F)F)cc2)CC(N)CN1C(=O)OC(C)(C)C. The van der Waals surface area contributed by atoms with E-state index in [1.165, 1.54) is 12.1 Å². The van der Waals surface area contributed by atoms with Crippen LogP contribution in [0.3, 0.4) is 0 Å². The van der Waals surface area contributed by atoms with Crippen LogP contribution in [0.1, 0.15) is 51.2 Å². The zero-order valence-corrected chi connectivity index (χ0v) is 14.9. The molecule has 0 bridgehead atoms. The van der Waals surface area contributed by atoms with Crippen molar-refractivity contribution >= 4 is 6.09 Å². The maximum atomic E-state index is 12.7. The molecule has 1 aromatic carbocycles. The number of benzene rings is 1. The van der Waals surface area contributed by atoms with Crippen molar-refractivity contribution in [3.05, 3.63) is 35.4 Å². The van der Waals surface area contributed by atoms with Crippen molar-refractivity contribution in [3.8, 4) is 0 Å². The summed E-state index contributed by atoms with van der Waals surface area (Å²) in [6.45, 7) is 7.59. The van der Waals surface area contributed by atoms with Crippen molar-refractivity contribution in [2.45, 2.75) is 63.9 Å². The number of carbonyl (C=O) groups excluding carboxylic acids is 1. The second kappa shape index (κ2) is 6.86. The Labute approximate surface area is 146 Å². The van der Waals surface area contributed by atoms with Crippen LogP contribution in [0.15, 0.2) is 24.3 Å². The van der Waals surface area contributed by atoms with E-state index in [0.29, 0.717) is 13.0 Å². The minimum atomic E-state index is -4.37. The minimum Gasteiger partial charge on any atom is -0.444 e. The number of likely N-dealkylation sites (tertiary alicyclic amines) is 1. The fourth-order valence-electron chi connectivity index (χ4n) is 3.13. The van der Waals surface area contributed by atoms with Gasteiger partial charge in [0.1, 0.15) is 5.60 Å². The van der Waals surface area contributed by atoms with E-state index in [-0.39, 0.29) is 18.0 Å². The molecule has 1 aromatic rings. The Morgan fingerprint density at radius 2 is 1.76 bits per heavy atom. The Morgan fingerprint density at radius 3 is 2.24 bits per heavy atom. The molecule has 1 fully saturated rings. The first kappa shape index (κ1) is 19.6. The van der Waals surface area contributed by atoms with Gasteiger partial charge in [-0.2, -0.15) is 13.2 Å². The predicted octanol–water partition coefficient (Wildman–Crippen LogP) is 4.15. The van der Waals surface area contributed by atoms with E-state index in [9.17, 15) is 18.0 Å². The number of piperidine rings is 1. The van der Waals surface area contributed by atoms with Gasteiger partial charge in [0.2, 0.25) is 0 Å². The van der Waals surface area contributed by atoms with Gasteiger partial charge in [0.25, 0.3) is 0 Å². The van der Waals surface area contributed by atoms with Crippen LogP contribution in [0.2, 0.25) is 0 Å². The molecule has 140 valence electrons. The summed E-state index contributed by atoms with van der Waals surface area (Å²) in [6, 6.07) is 4.60. The lowest BCUT2D eigenvalue weighted by Gasteiger charge is -2.42. The number of hydrogen-bond acceptors (Lipinski definition) is 3. The monoisotopic (exact) mass is 358 g/mol. The van der Waals surface area contributed by atoms with Crippen LogP contribution in [0, 0.1) is 0 Å².